The van der Waals surface area contributed by atoms with Gasteiger partial charge in [0.25, 0.3) is 0 Å². The van der Waals surface area contributed by atoms with Crippen LogP contribution in [0.25, 0.3) is 0 Å². The molecule has 1 aliphatic carbocycles. The number of hydrogen-bond donors (Lipinski definition) is 0. The van der Waals surface area contributed by atoms with Gasteiger partial charge in [0.05, 0.1) is 11.6 Å². The molecule has 4 nitrogen and oxygen atoms in total. The van der Waals surface area contributed by atoms with Crippen LogP contribution in [0.5, 0.6) is 0 Å². The lowest BCUT2D eigenvalue weighted by Gasteiger charge is -2.20. The van der Waals surface area contributed by atoms with Crippen molar-refractivity contribution in [2.75, 3.05) is 0 Å². The third-order valence-corrected chi connectivity index (χ3v) is 3.06. The smallest absolute Gasteiger partial charge is 0.211 e. The molecule has 1 fully saturated rings. The predicted molar refractivity (Wildman–Crippen MR) is 51.5 cm³/mol. The summed E-state index contributed by atoms with van der Waals surface area (Å²) in [5, 5.41) is 0. The number of carbonyl (C=O) groups excluding carboxylic acids is 2. The van der Waals surface area contributed by atoms with Crippen molar-refractivity contribution in [3.8, 4) is 0 Å². The Bertz CT molecular complexity index is 303. The summed E-state index contributed by atoms with van der Waals surface area (Å²) in [7, 11) is 0. The van der Waals surface area contributed by atoms with Crippen molar-refractivity contribution in [1.29, 1.82) is 0 Å². The van der Waals surface area contributed by atoms with Crippen LogP contribution in [-0.4, -0.2) is 23.7 Å². The maximum atomic E-state index is 10.3. The van der Waals surface area contributed by atoms with Crippen LogP contribution in [0.4, 0.5) is 0 Å². The van der Waals surface area contributed by atoms with Gasteiger partial charge in [-0.05, 0) is 25.7 Å². The molecule has 0 aliphatic heterocycles. The normalized spacial score (nSPS) is 35.9. The topological polar surface area (TPSA) is 58.9 Å². The molecular weight excluding hydrogens is 180 g/mol. The second-order valence-corrected chi connectivity index (χ2v) is 4.01. The summed E-state index contributed by atoms with van der Waals surface area (Å²) in [5.41, 5.74) is -0.542. The number of rotatable bonds is 3. The number of hydrogen-bond acceptors (Lipinski definition) is 4. The molecule has 0 aromatic heterocycles. The van der Waals surface area contributed by atoms with Gasteiger partial charge in [-0.2, -0.15) is 9.98 Å². The van der Waals surface area contributed by atoms with E-state index in [-0.39, 0.29) is 6.04 Å². The second kappa shape index (κ2) is 4.32. The van der Waals surface area contributed by atoms with Gasteiger partial charge >= 0.3 is 0 Å². The zero-order chi connectivity index (χ0) is 10.6. The SMILES string of the molecule is CCC1CC(N=C=O)C(C)(N=C=O)C1. The Morgan fingerprint density at radius 3 is 2.64 bits per heavy atom. The average Bonchev–Trinajstić information content (AvgIpc) is 2.45. The van der Waals surface area contributed by atoms with E-state index in [2.05, 4.69) is 16.9 Å². The van der Waals surface area contributed by atoms with Crippen LogP contribution in [0, 0.1) is 5.92 Å². The van der Waals surface area contributed by atoms with Crippen molar-refractivity contribution < 1.29 is 9.59 Å². The molecule has 1 aliphatic rings. The second-order valence-electron chi connectivity index (χ2n) is 4.01. The van der Waals surface area contributed by atoms with Gasteiger partial charge in [0, 0.05) is 0 Å². The monoisotopic (exact) mass is 194 g/mol. The lowest BCUT2D eigenvalue weighted by atomic mass is 9.96. The molecule has 3 unspecified atom stereocenters. The molecule has 0 heterocycles. The van der Waals surface area contributed by atoms with Crippen molar-refractivity contribution in [3.63, 3.8) is 0 Å². The summed E-state index contributed by atoms with van der Waals surface area (Å²) < 4.78 is 0. The van der Waals surface area contributed by atoms with Crippen molar-refractivity contribution >= 4 is 12.2 Å². The Hall–Kier alpha value is -1.24. The zero-order valence-corrected chi connectivity index (χ0v) is 8.49. The minimum Gasteiger partial charge on any atom is -0.211 e. The third kappa shape index (κ3) is 1.98. The maximum absolute atomic E-state index is 10.3. The number of nitrogens with zero attached hydrogens (tertiary/aromatic N) is 2. The largest absolute Gasteiger partial charge is 0.235 e. The molecule has 0 N–H and O–H groups in total. The molecule has 4 heteroatoms. The summed E-state index contributed by atoms with van der Waals surface area (Å²) in [6.45, 7) is 3.93. The minimum atomic E-state index is -0.542. The molecule has 0 aromatic rings. The van der Waals surface area contributed by atoms with Crippen LogP contribution >= 0.6 is 0 Å². The van der Waals surface area contributed by atoms with Crippen molar-refractivity contribution in [3.05, 3.63) is 0 Å². The average molecular weight is 194 g/mol. The summed E-state index contributed by atoms with van der Waals surface area (Å²) in [5.74, 6) is 0.485. The fourth-order valence-electron chi connectivity index (χ4n) is 2.16. The lowest BCUT2D eigenvalue weighted by Crippen LogP contribution is -2.30. The standard InChI is InChI=1S/C10H14N2O2/c1-3-8-4-9(11-6-13)10(2,5-8)12-7-14/h8-9H,3-5H2,1-2H3. The fourth-order valence-corrected chi connectivity index (χ4v) is 2.16. The first-order chi connectivity index (χ1) is 6.66. The van der Waals surface area contributed by atoms with Gasteiger partial charge in [0.15, 0.2) is 0 Å². The van der Waals surface area contributed by atoms with Crippen LogP contribution in [-0.2, 0) is 9.59 Å². The number of isocyanates is 2. The van der Waals surface area contributed by atoms with E-state index in [1.165, 1.54) is 0 Å². The van der Waals surface area contributed by atoms with E-state index in [0.717, 1.165) is 19.3 Å². The van der Waals surface area contributed by atoms with Gasteiger partial charge in [-0.1, -0.05) is 13.3 Å². The molecule has 3 atom stereocenters. The fraction of sp³-hybridized carbons (Fsp3) is 0.800. The van der Waals surface area contributed by atoms with Gasteiger partial charge in [0.1, 0.15) is 0 Å². The summed E-state index contributed by atoms with van der Waals surface area (Å²) in [6.07, 6.45) is 5.76. The summed E-state index contributed by atoms with van der Waals surface area (Å²) in [4.78, 5) is 28.0. The van der Waals surface area contributed by atoms with E-state index < -0.39 is 5.54 Å². The zero-order valence-electron chi connectivity index (χ0n) is 8.49. The first kappa shape index (κ1) is 10.8. The molecule has 0 bridgehead atoms. The highest BCUT2D eigenvalue weighted by Crippen LogP contribution is 2.40. The Morgan fingerprint density at radius 2 is 2.14 bits per heavy atom. The minimum absolute atomic E-state index is 0.202. The highest BCUT2D eigenvalue weighted by molar-refractivity contribution is 5.38. The van der Waals surface area contributed by atoms with E-state index in [0.29, 0.717) is 5.92 Å². The van der Waals surface area contributed by atoms with Gasteiger partial charge in [-0.15, -0.1) is 0 Å². The highest BCUT2D eigenvalue weighted by Gasteiger charge is 2.43. The van der Waals surface area contributed by atoms with Gasteiger partial charge < -0.3 is 0 Å². The van der Waals surface area contributed by atoms with E-state index in [9.17, 15) is 9.59 Å². The Morgan fingerprint density at radius 1 is 1.43 bits per heavy atom. The molecule has 0 aromatic carbocycles. The Labute approximate surface area is 83.1 Å². The summed E-state index contributed by atoms with van der Waals surface area (Å²) >= 11 is 0. The van der Waals surface area contributed by atoms with Crippen LogP contribution < -0.4 is 0 Å². The van der Waals surface area contributed by atoms with Crippen LogP contribution in [0.3, 0.4) is 0 Å². The van der Waals surface area contributed by atoms with Crippen LogP contribution in [0.2, 0.25) is 0 Å². The molecular formula is C10H14N2O2. The Kier molecular flexibility index (Phi) is 3.34. The third-order valence-electron chi connectivity index (χ3n) is 3.06. The highest BCUT2D eigenvalue weighted by atomic mass is 16.1. The van der Waals surface area contributed by atoms with E-state index in [1.54, 1.807) is 12.2 Å². The van der Waals surface area contributed by atoms with Crippen molar-refractivity contribution in [2.24, 2.45) is 15.9 Å². The molecule has 0 spiro atoms. The van der Waals surface area contributed by atoms with E-state index in [4.69, 9.17) is 0 Å². The molecule has 1 saturated carbocycles. The predicted octanol–water partition coefficient (Wildman–Crippen LogP) is 1.61. The molecule has 14 heavy (non-hydrogen) atoms. The molecule has 76 valence electrons. The van der Waals surface area contributed by atoms with E-state index in [1.807, 2.05) is 6.92 Å². The summed E-state index contributed by atoms with van der Waals surface area (Å²) in [6, 6.07) is -0.202. The van der Waals surface area contributed by atoms with E-state index >= 15 is 0 Å². The van der Waals surface area contributed by atoms with Crippen LogP contribution in [0.1, 0.15) is 33.1 Å². The van der Waals surface area contributed by atoms with Crippen LogP contribution in [0.15, 0.2) is 9.98 Å². The quantitative estimate of drug-likeness (QED) is 0.506. The number of aliphatic imine (C=N–C) groups is 2. The maximum Gasteiger partial charge on any atom is 0.235 e. The van der Waals surface area contributed by atoms with Gasteiger partial charge in [-0.3, -0.25) is 0 Å². The molecule has 0 saturated heterocycles. The molecule has 0 amide bonds. The Balaban J connectivity index is 2.91. The van der Waals surface area contributed by atoms with Crippen molar-refractivity contribution in [1.82, 2.24) is 0 Å². The first-order valence-corrected chi connectivity index (χ1v) is 4.82. The molecule has 0 radical (unpaired) electrons. The first-order valence-electron chi connectivity index (χ1n) is 4.82. The van der Waals surface area contributed by atoms with Gasteiger partial charge in [-0.25, -0.2) is 9.59 Å². The lowest BCUT2D eigenvalue weighted by molar-refractivity contribution is 0.414. The van der Waals surface area contributed by atoms with Crippen molar-refractivity contribution in [2.45, 2.75) is 44.7 Å². The molecule has 1 rings (SSSR count). The van der Waals surface area contributed by atoms with Gasteiger partial charge in [0.2, 0.25) is 12.2 Å².